The molecular formula is C21H27ClN2O4S. The highest BCUT2D eigenvalue weighted by atomic mass is 35.5. The van der Waals surface area contributed by atoms with E-state index in [1.54, 1.807) is 25.1 Å². The van der Waals surface area contributed by atoms with E-state index in [2.05, 4.69) is 12.2 Å². The van der Waals surface area contributed by atoms with Crippen molar-refractivity contribution in [3.8, 4) is 5.75 Å². The average molecular weight is 439 g/mol. The first-order chi connectivity index (χ1) is 13.7. The van der Waals surface area contributed by atoms with Crippen molar-refractivity contribution in [3.63, 3.8) is 0 Å². The number of benzene rings is 2. The largest absolute Gasteiger partial charge is 0.492 e. The summed E-state index contributed by atoms with van der Waals surface area (Å²) in [6.07, 6.45) is 3.18. The topological polar surface area (TPSA) is 75.7 Å². The molecule has 0 aliphatic heterocycles. The number of carbonyl (C=O) groups is 1. The number of hydrogen-bond donors (Lipinski definition) is 1. The number of nitrogens with zero attached hydrogens (tertiary/aromatic N) is 1. The van der Waals surface area contributed by atoms with Crippen LogP contribution in [0.4, 0.5) is 5.69 Å². The molecular weight excluding hydrogens is 412 g/mol. The summed E-state index contributed by atoms with van der Waals surface area (Å²) in [5.41, 5.74) is 2.24. The van der Waals surface area contributed by atoms with Crippen molar-refractivity contribution >= 4 is 33.2 Å². The van der Waals surface area contributed by atoms with Gasteiger partial charge < -0.3 is 10.1 Å². The highest BCUT2D eigenvalue weighted by Crippen LogP contribution is 2.27. The molecule has 158 valence electrons. The Hall–Kier alpha value is -2.25. The summed E-state index contributed by atoms with van der Waals surface area (Å²) >= 11 is 6.09. The van der Waals surface area contributed by atoms with Crippen LogP contribution >= 0.6 is 11.6 Å². The van der Waals surface area contributed by atoms with E-state index in [0.717, 1.165) is 29.2 Å². The summed E-state index contributed by atoms with van der Waals surface area (Å²) in [5.74, 6) is 0.308. The smallest absolute Gasteiger partial charge is 0.240 e. The Bertz CT molecular complexity index is 930. The van der Waals surface area contributed by atoms with Crippen LogP contribution in [-0.4, -0.2) is 40.3 Å². The van der Waals surface area contributed by atoms with Crippen molar-refractivity contribution in [2.75, 3.05) is 30.3 Å². The van der Waals surface area contributed by atoms with Gasteiger partial charge in [0, 0.05) is 5.02 Å². The van der Waals surface area contributed by atoms with Crippen LogP contribution in [0.1, 0.15) is 24.5 Å². The van der Waals surface area contributed by atoms with E-state index in [1.807, 2.05) is 24.3 Å². The van der Waals surface area contributed by atoms with E-state index >= 15 is 0 Å². The minimum Gasteiger partial charge on any atom is -0.492 e. The van der Waals surface area contributed by atoms with Gasteiger partial charge in [0.05, 0.1) is 18.5 Å². The normalized spacial score (nSPS) is 11.2. The van der Waals surface area contributed by atoms with Crippen molar-refractivity contribution < 1.29 is 17.9 Å². The van der Waals surface area contributed by atoms with Crippen molar-refractivity contribution in [2.24, 2.45) is 0 Å². The molecule has 8 heteroatoms. The molecule has 0 saturated heterocycles. The summed E-state index contributed by atoms with van der Waals surface area (Å²) < 4.78 is 31.1. The van der Waals surface area contributed by atoms with Gasteiger partial charge in [0.25, 0.3) is 0 Å². The molecule has 2 aromatic rings. The quantitative estimate of drug-likeness (QED) is 0.575. The molecule has 0 saturated carbocycles. The maximum absolute atomic E-state index is 12.3. The summed E-state index contributed by atoms with van der Waals surface area (Å²) in [6, 6.07) is 12.8. The highest BCUT2D eigenvalue weighted by molar-refractivity contribution is 7.92. The third-order valence-electron chi connectivity index (χ3n) is 4.35. The molecule has 0 aliphatic rings. The lowest BCUT2D eigenvalue weighted by Crippen LogP contribution is -2.41. The Balaban J connectivity index is 1.89. The van der Waals surface area contributed by atoms with Gasteiger partial charge in [0.2, 0.25) is 15.9 Å². The summed E-state index contributed by atoms with van der Waals surface area (Å²) in [6.45, 7) is 4.07. The predicted octanol–water partition coefficient (Wildman–Crippen LogP) is 3.56. The number of ether oxygens (including phenoxy) is 1. The van der Waals surface area contributed by atoms with Gasteiger partial charge in [-0.3, -0.25) is 9.10 Å². The molecule has 0 aliphatic carbocycles. The molecule has 1 N–H and O–H groups in total. The maximum Gasteiger partial charge on any atom is 0.240 e. The number of sulfonamides is 1. The molecule has 0 heterocycles. The van der Waals surface area contributed by atoms with Crippen LogP contribution in [0.3, 0.4) is 0 Å². The minimum absolute atomic E-state index is 0.266. The van der Waals surface area contributed by atoms with Gasteiger partial charge in [0.1, 0.15) is 18.9 Å². The first-order valence-electron chi connectivity index (χ1n) is 9.43. The third kappa shape index (κ3) is 6.94. The van der Waals surface area contributed by atoms with Crippen molar-refractivity contribution in [3.05, 3.63) is 58.6 Å². The summed E-state index contributed by atoms with van der Waals surface area (Å²) in [5, 5.41) is 3.13. The lowest BCUT2D eigenvalue weighted by molar-refractivity contribution is -0.119. The first kappa shape index (κ1) is 23.0. The zero-order chi connectivity index (χ0) is 21.4. The van der Waals surface area contributed by atoms with Crippen LogP contribution in [0.5, 0.6) is 5.75 Å². The van der Waals surface area contributed by atoms with E-state index in [0.29, 0.717) is 16.3 Å². The SMILES string of the molecule is CCCc1ccc(OCCNC(=O)CN(c2cccc(Cl)c2C)S(C)(=O)=O)cc1. The molecule has 0 atom stereocenters. The molecule has 0 radical (unpaired) electrons. The fourth-order valence-electron chi connectivity index (χ4n) is 2.83. The van der Waals surface area contributed by atoms with Crippen molar-refractivity contribution in [1.82, 2.24) is 5.32 Å². The summed E-state index contributed by atoms with van der Waals surface area (Å²) in [4.78, 5) is 12.3. The van der Waals surface area contributed by atoms with E-state index in [-0.39, 0.29) is 19.7 Å². The number of halogens is 1. The van der Waals surface area contributed by atoms with Crippen LogP contribution in [-0.2, 0) is 21.2 Å². The maximum atomic E-state index is 12.3. The molecule has 0 bridgehead atoms. The van der Waals surface area contributed by atoms with Crippen LogP contribution in [0, 0.1) is 6.92 Å². The molecule has 6 nitrogen and oxygen atoms in total. The lowest BCUT2D eigenvalue weighted by Gasteiger charge is -2.24. The highest BCUT2D eigenvalue weighted by Gasteiger charge is 2.22. The second-order valence-corrected chi connectivity index (χ2v) is 9.06. The van der Waals surface area contributed by atoms with Gasteiger partial charge >= 0.3 is 0 Å². The molecule has 2 aromatic carbocycles. The molecule has 2 rings (SSSR count). The minimum atomic E-state index is -3.65. The van der Waals surface area contributed by atoms with Gasteiger partial charge in [-0.1, -0.05) is 43.1 Å². The number of anilines is 1. The van der Waals surface area contributed by atoms with Crippen molar-refractivity contribution in [2.45, 2.75) is 26.7 Å². The Labute approximate surface area is 177 Å². The number of hydrogen-bond acceptors (Lipinski definition) is 4. The Morgan fingerprint density at radius 1 is 1.17 bits per heavy atom. The molecule has 0 fully saturated rings. The molecule has 0 aromatic heterocycles. The number of rotatable bonds is 10. The van der Waals surface area contributed by atoms with Gasteiger partial charge in [0.15, 0.2) is 0 Å². The molecule has 0 spiro atoms. The number of aryl methyl sites for hydroxylation is 1. The zero-order valence-electron chi connectivity index (χ0n) is 16.9. The van der Waals surface area contributed by atoms with Gasteiger partial charge in [-0.2, -0.15) is 0 Å². The second-order valence-electron chi connectivity index (χ2n) is 6.75. The fourth-order valence-corrected chi connectivity index (χ4v) is 3.91. The van der Waals surface area contributed by atoms with E-state index < -0.39 is 15.9 Å². The predicted molar refractivity (Wildman–Crippen MR) is 117 cm³/mol. The molecule has 0 unspecified atom stereocenters. The lowest BCUT2D eigenvalue weighted by atomic mass is 10.1. The second kappa shape index (κ2) is 10.5. The fraction of sp³-hybridized carbons (Fsp3) is 0.381. The first-order valence-corrected chi connectivity index (χ1v) is 11.7. The standard InChI is InChI=1S/C21H27ClN2O4S/c1-4-6-17-9-11-18(12-10-17)28-14-13-23-21(25)15-24(29(3,26)27)20-8-5-7-19(22)16(20)2/h5,7-12H,4,6,13-15H2,1-3H3,(H,23,25). The van der Waals surface area contributed by atoms with Gasteiger partial charge in [-0.05, 0) is 48.7 Å². The Morgan fingerprint density at radius 2 is 1.86 bits per heavy atom. The Morgan fingerprint density at radius 3 is 2.48 bits per heavy atom. The van der Waals surface area contributed by atoms with Crippen LogP contribution < -0.4 is 14.4 Å². The van der Waals surface area contributed by atoms with Gasteiger partial charge in [-0.15, -0.1) is 0 Å². The summed E-state index contributed by atoms with van der Waals surface area (Å²) in [7, 11) is -3.65. The molecule has 29 heavy (non-hydrogen) atoms. The van der Waals surface area contributed by atoms with Gasteiger partial charge in [-0.25, -0.2) is 8.42 Å². The van der Waals surface area contributed by atoms with E-state index in [9.17, 15) is 13.2 Å². The monoisotopic (exact) mass is 438 g/mol. The van der Waals surface area contributed by atoms with Crippen LogP contribution in [0.15, 0.2) is 42.5 Å². The van der Waals surface area contributed by atoms with Crippen molar-refractivity contribution in [1.29, 1.82) is 0 Å². The van der Waals surface area contributed by atoms with Crippen LogP contribution in [0.2, 0.25) is 5.02 Å². The van der Waals surface area contributed by atoms with Crippen LogP contribution in [0.25, 0.3) is 0 Å². The third-order valence-corrected chi connectivity index (χ3v) is 5.89. The van der Waals surface area contributed by atoms with E-state index in [1.165, 1.54) is 5.56 Å². The molecule has 1 amide bonds. The Kier molecular flexibility index (Phi) is 8.34. The average Bonchev–Trinajstić information content (AvgIpc) is 2.66. The number of nitrogens with one attached hydrogen (secondary N) is 1. The number of amides is 1. The van der Waals surface area contributed by atoms with E-state index in [4.69, 9.17) is 16.3 Å². The zero-order valence-corrected chi connectivity index (χ0v) is 18.5. The number of carbonyl (C=O) groups excluding carboxylic acids is 1.